The minimum atomic E-state index is -0.460. The van der Waals surface area contributed by atoms with E-state index in [1.165, 1.54) is 23.5 Å². The number of hydrogen-bond acceptors (Lipinski definition) is 4. The topological polar surface area (TPSA) is 45.1 Å². The van der Waals surface area contributed by atoms with Crippen molar-refractivity contribution in [2.75, 3.05) is 7.05 Å². The minimum Gasteiger partial charge on any atom is -0.508 e. The van der Waals surface area contributed by atoms with Crippen molar-refractivity contribution in [1.29, 1.82) is 0 Å². The van der Waals surface area contributed by atoms with Gasteiger partial charge in [0.2, 0.25) is 0 Å². The number of phenols is 1. The number of nitrogens with zero attached hydrogens (tertiary/aromatic N) is 1. The summed E-state index contributed by atoms with van der Waals surface area (Å²) >= 11 is 1.43. The summed E-state index contributed by atoms with van der Waals surface area (Å²) in [5.74, 6) is -0.545. The first-order chi connectivity index (χ1) is 8.10. The second kappa shape index (κ2) is 4.81. The van der Waals surface area contributed by atoms with Gasteiger partial charge in [-0.25, -0.2) is 9.37 Å². The fourth-order valence-corrected chi connectivity index (χ4v) is 2.36. The van der Waals surface area contributed by atoms with Crippen LogP contribution in [0.4, 0.5) is 4.39 Å². The Morgan fingerprint density at radius 3 is 2.82 bits per heavy atom. The number of benzene rings is 1. The molecule has 90 valence electrons. The molecular weight excluding hydrogens is 239 g/mol. The lowest BCUT2D eigenvalue weighted by Gasteiger charge is -2.05. The standard InChI is InChI=1S/C12H13FN2OS/c1-7(14-2)11-6-17-12(15-11)8-3-9(13)5-10(16)4-8/h3-7,14,16H,1-2H3. The highest BCUT2D eigenvalue weighted by molar-refractivity contribution is 7.13. The van der Waals surface area contributed by atoms with Crippen LogP contribution in [0.3, 0.4) is 0 Å². The number of rotatable bonds is 3. The van der Waals surface area contributed by atoms with E-state index in [0.717, 1.165) is 11.8 Å². The number of aromatic nitrogens is 1. The fourth-order valence-electron chi connectivity index (χ4n) is 1.46. The SMILES string of the molecule is CNC(C)c1csc(-c2cc(O)cc(F)c2)n1. The van der Waals surface area contributed by atoms with Crippen molar-refractivity contribution in [3.8, 4) is 16.3 Å². The molecule has 5 heteroatoms. The zero-order valence-corrected chi connectivity index (χ0v) is 10.4. The molecule has 2 rings (SSSR count). The molecule has 1 aromatic heterocycles. The Balaban J connectivity index is 2.36. The van der Waals surface area contributed by atoms with E-state index in [9.17, 15) is 9.50 Å². The van der Waals surface area contributed by atoms with Crippen LogP contribution >= 0.6 is 11.3 Å². The van der Waals surface area contributed by atoms with Crippen LogP contribution in [-0.2, 0) is 0 Å². The van der Waals surface area contributed by atoms with Crippen molar-refractivity contribution in [2.24, 2.45) is 0 Å². The molecule has 0 aliphatic heterocycles. The van der Waals surface area contributed by atoms with E-state index in [2.05, 4.69) is 10.3 Å². The summed E-state index contributed by atoms with van der Waals surface area (Å²) in [6, 6.07) is 4.11. The van der Waals surface area contributed by atoms with Crippen molar-refractivity contribution in [3.05, 3.63) is 35.1 Å². The second-order valence-corrected chi connectivity index (χ2v) is 4.64. The molecule has 0 saturated heterocycles. The van der Waals surface area contributed by atoms with Gasteiger partial charge in [0.05, 0.1) is 5.69 Å². The molecule has 1 unspecified atom stereocenters. The number of nitrogens with one attached hydrogen (secondary N) is 1. The third-order valence-corrected chi connectivity index (χ3v) is 3.44. The van der Waals surface area contributed by atoms with E-state index < -0.39 is 5.82 Å². The summed E-state index contributed by atoms with van der Waals surface area (Å²) in [4.78, 5) is 4.41. The first kappa shape index (κ1) is 12.0. The van der Waals surface area contributed by atoms with Crippen molar-refractivity contribution in [1.82, 2.24) is 10.3 Å². The van der Waals surface area contributed by atoms with Gasteiger partial charge in [0.15, 0.2) is 0 Å². The Morgan fingerprint density at radius 1 is 1.41 bits per heavy atom. The lowest BCUT2D eigenvalue weighted by atomic mass is 10.2. The number of halogens is 1. The number of hydrogen-bond donors (Lipinski definition) is 2. The summed E-state index contributed by atoms with van der Waals surface area (Å²) in [6.45, 7) is 2.00. The maximum atomic E-state index is 13.1. The summed E-state index contributed by atoms with van der Waals surface area (Å²) in [6.07, 6.45) is 0. The Bertz CT molecular complexity index is 507. The van der Waals surface area contributed by atoms with Crippen LogP contribution in [0.2, 0.25) is 0 Å². The van der Waals surface area contributed by atoms with Gasteiger partial charge < -0.3 is 10.4 Å². The van der Waals surface area contributed by atoms with Crippen LogP contribution in [0, 0.1) is 5.82 Å². The number of aromatic hydroxyl groups is 1. The Morgan fingerprint density at radius 2 is 2.18 bits per heavy atom. The van der Waals surface area contributed by atoms with Gasteiger partial charge in [-0.05, 0) is 26.1 Å². The molecule has 0 radical (unpaired) electrons. The third kappa shape index (κ3) is 2.62. The Hall–Kier alpha value is -1.46. The Labute approximate surface area is 103 Å². The van der Waals surface area contributed by atoms with E-state index in [1.807, 2.05) is 19.4 Å². The van der Waals surface area contributed by atoms with Gasteiger partial charge in [0.25, 0.3) is 0 Å². The van der Waals surface area contributed by atoms with Gasteiger partial charge in [-0.2, -0.15) is 0 Å². The van der Waals surface area contributed by atoms with Crippen LogP contribution in [0.1, 0.15) is 18.7 Å². The minimum absolute atomic E-state index is 0.0848. The molecule has 0 aliphatic carbocycles. The summed E-state index contributed by atoms with van der Waals surface area (Å²) < 4.78 is 13.1. The zero-order chi connectivity index (χ0) is 12.4. The maximum absolute atomic E-state index is 13.1. The van der Waals surface area contributed by atoms with Gasteiger partial charge in [-0.1, -0.05) is 0 Å². The molecule has 0 saturated carbocycles. The fraction of sp³-hybridized carbons (Fsp3) is 0.250. The van der Waals surface area contributed by atoms with Crippen molar-refractivity contribution >= 4 is 11.3 Å². The molecular formula is C12H13FN2OS. The lowest BCUT2D eigenvalue weighted by molar-refractivity contribution is 0.469. The molecule has 0 aliphatic rings. The molecule has 0 bridgehead atoms. The van der Waals surface area contributed by atoms with Gasteiger partial charge in [-0.15, -0.1) is 11.3 Å². The maximum Gasteiger partial charge on any atom is 0.127 e. The normalized spacial score (nSPS) is 12.6. The van der Waals surface area contributed by atoms with E-state index >= 15 is 0 Å². The smallest absolute Gasteiger partial charge is 0.127 e. The number of phenolic OH excluding ortho intramolecular Hbond substituents is 1. The molecule has 1 aromatic carbocycles. The van der Waals surface area contributed by atoms with Gasteiger partial charge in [0.1, 0.15) is 16.6 Å². The molecule has 17 heavy (non-hydrogen) atoms. The van der Waals surface area contributed by atoms with Crippen LogP contribution in [0.15, 0.2) is 23.6 Å². The van der Waals surface area contributed by atoms with Crippen LogP contribution in [0.25, 0.3) is 10.6 Å². The van der Waals surface area contributed by atoms with Crippen molar-refractivity contribution < 1.29 is 9.50 Å². The van der Waals surface area contributed by atoms with E-state index in [-0.39, 0.29) is 11.8 Å². The third-order valence-electron chi connectivity index (χ3n) is 2.53. The Kier molecular flexibility index (Phi) is 3.40. The molecule has 1 heterocycles. The predicted octanol–water partition coefficient (Wildman–Crippen LogP) is 2.94. The molecule has 2 N–H and O–H groups in total. The lowest BCUT2D eigenvalue weighted by Crippen LogP contribution is -2.12. The average Bonchev–Trinajstić information content (AvgIpc) is 2.76. The first-order valence-corrected chi connectivity index (χ1v) is 6.10. The van der Waals surface area contributed by atoms with Crippen LogP contribution in [0.5, 0.6) is 5.75 Å². The largest absolute Gasteiger partial charge is 0.508 e. The zero-order valence-electron chi connectivity index (χ0n) is 9.57. The van der Waals surface area contributed by atoms with E-state index in [4.69, 9.17) is 0 Å². The summed E-state index contributed by atoms with van der Waals surface area (Å²) in [7, 11) is 1.86. The van der Waals surface area contributed by atoms with Crippen LogP contribution < -0.4 is 5.32 Å². The molecule has 2 aromatic rings. The van der Waals surface area contributed by atoms with Gasteiger partial charge >= 0.3 is 0 Å². The van der Waals surface area contributed by atoms with E-state index in [1.54, 1.807) is 0 Å². The quantitative estimate of drug-likeness (QED) is 0.882. The molecule has 3 nitrogen and oxygen atoms in total. The highest BCUT2D eigenvalue weighted by Gasteiger charge is 2.10. The molecule has 0 spiro atoms. The number of thiazole rings is 1. The predicted molar refractivity (Wildman–Crippen MR) is 66.6 cm³/mol. The highest BCUT2D eigenvalue weighted by Crippen LogP contribution is 2.29. The van der Waals surface area contributed by atoms with Crippen molar-refractivity contribution in [2.45, 2.75) is 13.0 Å². The van der Waals surface area contributed by atoms with Crippen LogP contribution in [-0.4, -0.2) is 17.1 Å². The first-order valence-electron chi connectivity index (χ1n) is 5.23. The molecule has 1 atom stereocenters. The van der Waals surface area contributed by atoms with Gasteiger partial charge in [0, 0.05) is 23.1 Å². The average molecular weight is 252 g/mol. The highest BCUT2D eigenvalue weighted by atomic mass is 32.1. The summed E-state index contributed by atoms with van der Waals surface area (Å²) in [5, 5.41) is 15.1. The second-order valence-electron chi connectivity index (χ2n) is 3.79. The molecule has 0 amide bonds. The summed E-state index contributed by atoms with van der Waals surface area (Å²) in [5.41, 5.74) is 1.51. The monoisotopic (exact) mass is 252 g/mol. The van der Waals surface area contributed by atoms with Gasteiger partial charge in [-0.3, -0.25) is 0 Å². The molecule has 0 fully saturated rings. The van der Waals surface area contributed by atoms with Crippen molar-refractivity contribution in [3.63, 3.8) is 0 Å². The van der Waals surface area contributed by atoms with E-state index in [0.29, 0.717) is 10.6 Å².